The van der Waals surface area contributed by atoms with Crippen LogP contribution in [0.3, 0.4) is 0 Å². The molecule has 2 rings (SSSR count). The molecule has 2 aromatic rings. The largest absolute Gasteiger partial charge is 0.492 e. The van der Waals surface area contributed by atoms with Gasteiger partial charge in [-0.1, -0.05) is 0 Å². The molecule has 0 saturated carbocycles. The minimum Gasteiger partial charge on any atom is -0.492 e. The predicted octanol–water partition coefficient (Wildman–Crippen LogP) is 2.85. The zero-order chi connectivity index (χ0) is 16.9. The summed E-state index contributed by atoms with van der Waals surface area (Å²) in [7, 11) is -3.58. The molecule has 23 heavy (non-hydrogen) atoms. The van der Waals surface area contributed by atoms with Gasteiger partial charge in [-0.05, 0) is 55.5 Å². The van der Waals surface area contributed by atoms with Crippen molar-refractivity contribution in [2.45, 2.75) is 6.92 Å². The average molecular weight is 337 g/mol. The first kappa shape index (κ1) is 17.0. The van der Waals surface area contributed by atoms with Gasteiger partial charge in [-0.2, -0.15) is 0 Å². The molecule has 0 bridgehead atoms. The molecule has 1 N–H and O–H groups in total. The van der Waals surface area contributed by atoms with Crippen molar-refractivity contribution < 1.29 is 22.3 Å². The molecule has 0 aromatic heterocycles. The number of Topliss-reactive ketones (excluding diaryl/α,β-unsaturated/α-hetero) is 1. The Labute approximate surface area is 134 Å². The van der Waals surface area contributed by atoms with Crippen LogP contribution < -0.4 is 9.46 Å². The second kappa shape index (κ2) is 7.23. The van der Waals surface area contributed by atoms with E-state index in [1.807, 2.05) is 0 Å². The number of ether oxygens (including phenoxy) is 1. The highest BCUT2D eigenvalue weighted by molar-refractivity contribution is 7.92. The van der Waals surface area contributed by atoms with Gasteiger partial charge in [0, 0.05) is 11.3 Å². The van der Waals surface area contributed by atoms with E-state index >= 15 is 0 Å². The number of rotatable bonds is 7. The minimum atomic E-state index is -3.58. The maximum atomic E-state index is 12.7. The average Bonchev–Trinajstić information content (AvgIpc) is 2.49. The number of carbonyl (C=O) groups excluding carboxylic acids is 1. The van der Waals surface area contributed by atoms with Crippen molar-refractivity contribution in [3.8, 4) is 5.75 Å². The SMILES string of the molecule is CC(=O)c1ccc(NS(=O)(=O)CCOc2ccc(F)cc2)cc1. The summed E-state index contributed by atoms with van der Waals surface area (Å²) in [5, 5.41) is 0. The Balaban J connectivity index is 1.88. The van der Waals surface area contributed by atoms with Crippen LogP contribution in [0, 0.1) is 5.82 Å². The normalized spacial score (nSPS) is 11.0. The molecule has 0 spiro atoms. The molecule has 7 heteroatoms. The van der Waals surface area contributed by atoms with Crippen LogP contribution in [0.25, 0.3) is 0 Å². The Morgan fingerprint density at radius 1 is 1.09 bits per heavy atom. The van der Waals surface area contributed by atoms with E-state index in [0.29, 0.717) is 17.0 Å². The van der Waals surface area contributed by atoms with Crippen molar-refractivity contribution in [2.75, 3.05) is 17.1 Å². The van der Waals surface area contributed by atoms with Crippen LogP contribution in [-0.4, -0.2) is 26.6 Å². The van der Waals surface area contributed by atoms with Gasteiger partial charge in [0.1, 0.15) is 23.9 Å². The van der Waals surface area contributed by atoms with Gasteiger partial charge in [-0.25, -0.2) is 12.8 Å². The van der Waals surface area contributed by atoms with Gasteiger partial charge >= 0.3 is 0 Å². The second-order valence-corrected chi connectivity index (χ2v) is 6.70. The lowest BCUT2D eigenvalue weighted by Gasteiger charge is -2.09. The Hall–Kier alpha value is -2.41. The van der Waals surface area contributed by atoms with E-state index < -0.39 is 10.0 Å². The minimum absolute atomic E-state index is 0.0630. The van der Waals surface area contributed by atoms with Crippen LogP contribution in [0.15, 0.2) is 48.5 Å². The second-order valence-electron chi connectivity index (χ2n) is 4.86. The standard InChI is InChI=1S/C16H16FNO4S/c1-12(19)13-2-6-15(7-3-13)18-23(20,21)11-10-22-16-8-4-14(17)5-9-16/h2-9,18H,10-11H2,1H3. The summed E-state index contributed by atoms with van der Waals surface area (Å²) in [6, 6.07) is 11.5. The smallest absolute Gasteiger partial charge is 0.236 e. The molecular formula is C16H16FNO4S. The molecule has 2 aromatic carbocycles. The maximum absolute atomic E-state index is 12.7. The van der Waals surface area contributed by atoms with E-state index in [4.69, 9.17) is 4.74 Å². The molecule has 0 aliphatic rings. The monoisotopic (exact) mass is 337 g/mol. The Bertz CT molecular complexity index is 771. The van der Waals surface area contributed by atoms with Crippen molar-refractivity contribution in [2.24, 2.45) is 0 Å². The van der Waals surface area contributed by atoms with E-state index in [-0.39, 0.29) is 24.0 Å². The number of sulfonamides is 1. The molecule has 0 fully saturated rings. The lowest BCUT2D eigenvalue weighted by Crippen LogP contribution is -2.21. The van der Waals surface area contributed by atoms with Crippen molar-refractivity contribution >= 4 is 21.5 Å². The molecule has 0 unspecified atom stereocenters. The molecule has 122 valence electrons. The summed E-state index contributed by atoms with van der Waals surface area (Å²) >= 11 is 0. The first-order valence-electron chi connectivity index (χ1n) is 6.85. The topological polar surface area (TPSA) is 72.5 Å². The van der Waals surface area contributed by atoms with Gasteiger partial charge in [0.15, 0.2) is 5.78 Å². The van der Waals surface area contributed by atoms with E-state index in [1.54, 1.807) is 12.1 Å². The molecule has 0 aliphatic carbocycles. The summed E-state index contributed by atoms with van der Waals surface area (Å²) < 4.78 is 44.3. The van der Waals surface area contributed by atoms with Crippen LogP contribution in [-0.2, 0) is 10.0 Å². The zero-order valence-corrected chi connectivity index (χ0v) is 13.3. The Morgan fingerprint density at radius 3 is 2.26 bits per heavy atom. The van der Waals surface area contributed by atoms with E-state index in [1.165, 1.54) is 43.3 Å². The van der Waals surface area contributed by atoms with Gasteiger partial charge in [-0.15, -0.1) is 0 Å². The number of ketones is 1. The van der Waals surface area contributed by atoms with E-state index in [9.17, 15) is 17.6 Å². The lowest BCUT2D eigenvalue weighted by molar-refractivity contribution is 0.101. The molecule has 5 nitrogen and oxygen atoms in total. The van der Waals surface area contributed by atoms with E-state index in [0.717, 1.165) is 0 Å². The van der Waals surface area contributed by atoms with Crippen LogP contribution >= 0.6 is 0 Å². The highest BCUT2D eigenvalue weighted by Gasteiger charge is 2.11. The fraction of sp³-hybridized carbons (Fsp3) is 0.188. The van der Waals surface area contributed by atoms with Gasteiger partial charge in [-0.3, -0.25) is 9.52 Å². The Morgan fingerprint density at radius 2 is 1.70 bits per heavy atom. The van der Waals surface area contributed by atoms with Crippen molar-refractivity contribution in [3.63, 3.8) is 0 Å². The number of hydrogen-bond donors (Lipinski definition) is 1. The number of anilines is 1. The third-order valence-corrected chi connectivity index (χ3v) is 4.25. The third-order valence-electron chi connectivity index (χ3n) is 3.00. The van der Waals surface area contributed by atoms with Crippen LogP contribution in [0.2, 0.25) is 0 Å². The van der Waals surface area contributed by atoms with Crippen molar-refractivity contribution in [3.05, 3.63) is 59.9 Å². The highest BCUT2D eigenvalue weighted by atomic mass is 32.2. The molecule has 0 heterocycles. The van der Waals surface area contributed by atoms with Gasteiger partial charge < -0.3 is 4.74 Å². The fourth-order valence-electron chi connectivity index (χ4n) is 1.80. The summed E-state index contributed by atoms with van der Waals surface area (Å²) in [6.07, 6.45) is 0. The molecule has 0 radical (unpaired) electrons. The molecule has 0 aliphatic heterocycles. The van der Waals surface area contributed by atoms with Crippen molar-refractivity contribution in [1.29, 1.82) is 0 Å². The van der Waals surface area contributed by atoms with Gasteiger partial charge in [0.2, 0.25) is 10.0 Å². The van der Waals surface area contributed by atoms with E-state index in [2.05, 4.69) is 4.72 Å². The zero-order valence-electron chi connectivity index (χ0n) is 12.5. The van der Waals surface area contributed by atoms with Crippen LogP contribution in [0.4, 0.5) is 10.1 Å². The number of carbonyl (C=O) groups is 1. The van der Waals surface area contributed by atoms with Gasteiger partial charge in [0.05, 0.1) is 0 Å². The lowest BCUT2D eigenvalue weighted by atomic mass is 10.1. The summed E-state index contributed by atoms with van der Waals surface area (Å²) in [4.78, 5) is 11.2. The quantitative estimate of drug-likeness (QED) is 0.789. The predicted molar refractivity (Wildman–Crippen MR) is 85.8 cm³/mol. The molecule has 0 atom stereocenters. The fourth-order valence-corrected chi connectivity index (χ4v) is 2.70. The molecule has 0 amide bonds. The first-order chi connectivity index (χ1) is 10.9. The number of benzene rings is 2. The number of halogens is 1. The van der Waals surface area contributed by atoms with Crippen LogP contribution in [0.1, 0.15) is 17.3 Å². The summed E-state index contributed by atoms with van der Waals surface area (Å²) in [5.74, 6) is -0.334. The maximum Gasteiger partial charge on any atom is 0.236 e. The number of hydrogen-bond acceptors (Lipinski definition) is 4. The van der Waals surface area contributed by atoms with Gasteiger partial charge in [0.25, 0.3) is 0 Å². The summed E-state index contributed by atoms with van der Waals surface area (Å²) in [5.41, 5.74) is 0.879. The summed E-state index contributed by atoms with van der Waals surface area (Å²) in [6.45, 7) is 1.37. The number of nitrogens with one attached hydrogen (secondary N) is 1. The molecular weight excluding hydrogens is 321 g/mol. The third kappa shape index (κ3) is 5.37. The first-order valence-corrected chi connectivity index (χ1v) is 8.51. The highest BCUT2D eigenvalue weighted by Crippen LogP contribution is 2.13. The van der Waals surface area contributed by atoms with Crippen LogP contribution in [0.5, 0.6) is 5.75 Å². The molecule has 0 saturated heterocycles. The Kier molecular flexibility index (Phi) is 5.33. The van der Waals surface area contributed by atoms with Crippen molar-refractivity contribution in [1.82, 2.24) is 0 Å².